The molecular weight excluding hydrogens is 419 g/mol. The minimum atomic E-state index is -0.0439. The summed E-state index contributed by atoms with van der Waals surface area (Å²) < 4.78 is 7.75. The molecule has 2 rings (SSSR count). The van der Waals surface area contributed by atoms with E-state index >= 15 is 0 Å². The molecule has 0 saturated heterocycles. The van der Waals surface area contributed by atoms with Crippen LogP contribution in [0.1, 0.15) is 12.5 Å². The maximum atomic E-state index is 12.2. The van der Waals surface area contributed by atoms with Gasteiger partial charge in [0.25, 0.3) is 0 Å². The summed E-state index contributed by atoms with van der Waals surface area (Å²) >= 11 is 3.26. The fourth-order valence-electron chi connectivity index (χ4n) is 2.17. The van der Waals surface area contributed by atoms with Crippen molar-refractivity contribution in [2.24, 2.45) is 0 Å². The van der Waals surface area contributed by atoms with E-state index in [1.54, 1.807) is 16.7 Å². The zero-order valence-corrected chi connectivity index (χ0v) is 17.2. The Labute approximate surface area is 164 Å². The van der Waals surface area contributed by atoms with E-state index in [4.69, 9.17) is 4.74 Å². The predicted octanol–water partition coefficient (Wildman–Crippen LogP) is 3.97. The quantitative estimate of drug-likeness (QED) is 0.525. The summed E-state index contributed by atoms with van der Waals surface area (Å²) in [6.45, 7) is 8.64. The molecule has 1 heterocycles. The number of benzene rings is 1. The van der Waals surface area contributed by atoms with Gasteiger partial charge in [-0.2, -0.15) is 12.1 Å². The van der Waals surface area contributed by atoms with Gasteiger partial charge in [-0.05, 0) is 23.5 Å². The summed E-state index contributed by atoms with van der Waals surface area (Å²) in [4.78, 5) is 12.2. The molecule has 0 saturated carbocycles. The van der Waals surface area contributed by atoms with Crippen LogP contribution in [0.2, 0.25) is 0 Å². The molecule has 0 aliphatic rings. The second-order valence-electron chi connectivity index (χ2n) is 4.61. The largest absolute Gasteiger partial charge is 0.490 e. The van der Waals surface area contributed by atoms with Gasteiger partial charge in [-0.3, -0.25) is 4.79 Å². The van der Waals surface area contributed by atoms with Gasteiger partial charge in [0.2, 0.25) is 5.56 Å². The topological polar surface area (TPSA) is 31.2 Å². The van der Waals surface area contributed by atoms with Gasteiger partial charge in [-0.1, -0.05) is 36.4 Å². The Hall–Kier alpha value is -0.706. The molecule has 0 fully saturated rings. The summed E-state index contributed by atoms with van der Waals surface area (Å²) in [5.41, 5.74) is 2.76. The number of ether oxygens (including phenoxy) is 1. The molecule has 3 nitrogen and oxygen atoms in total. The van der Waals surface area contributed by atoms with Gasteiger partial charge in [-0.25, -0.2) is 0 Å². The first-order chi connectivity index (χ1) is 10.1. The Morgan fingerprint density at radius 1 is 1.45 bits per heavy atom. The fraction of sp³-hybridized carbons (Fsp3) is 0.235. The molecule has 22 heavy (non-hydrogen) atoms. The van der Waals surface area contributed by atoms with Crippen LogP contribution in [0, 0.1) is 13.0 Å². The Morgan fingerprint density at radius 2 is 2.18 bits per heavy atom. The number of nitrogens with zero attached hydrogens (tertiary/aromatic N) is 1. The molecule has 0 amide bonds. The molecule has 0 aliphatic carbocycles. The molecule has 1 aromatic heterocycles. The van der Waals surface area contributed by atoms with Gasteiger partial charge in [0.1, 0.15) is 12.4 Å². The maximum Gasteiger partial charge on any atom is 0.208 e. The van der Waals surface area contributed by atoms with Crippen LogP contribution < -0.4 is 10.3 Å². The number of aryl methyl sites for hydroxylation is 1. The van der Waals surface area contributed by atoms with Crippen molar-refractivity contribution in [2.45, 2.75) is 20.4 Å². The Balaban J connectivity index is 0.00000242. The maximum absolute atomic E-state index is 12.2. The van der Waals surface area contributed by atoms with Crippen LogP contribution in [0.3, 0.4) is 0 Å². The van der Waals surface area contributed by atoms with Crippen molar-refractivity contribution in [1.29, 1.82) is 0 Å². The van der Waals surface area contributed by atoms with Crippen molar-refractivity contribution >= 4 is 15.9 Å². The molecule has 5 heteroatoms. The summed E-state index contributed by atoms with van der Waals surface area (Å²) in [5.74, 6) is 0.790. The van der Waals surface area contributed by atoms with Gasteiger partial charge in [-0.15, -0.1) is 22.0 Å². The number of pyridine rings is 1. The Kier molecular flexibility index (Phi) is 7.74. The third-order valence-corrected chi connectivity index (χ3v) is 3.76. The summed E-state index contributed by atoms with van der Waals surface area (Å²) in [6.07, 6.45) is 1.71. The van der Waals surface area contributed by atoms with Crippen molar-refractivity contribution in [3.05, 3.63) is 63.4 Å². The molecule has 0 atom stereocenters. The predicted molar refractivity (Wildman–Crippen MR) is 88.8 cm³/mol. The van der Waals surface area contributed by atoms with Crippen LogP contribution >= 0.6 is 15.9 Å². The fourth-order valence-corrected chi connectivity index (χ4v) is 2.50. The average molecular weight is 436 g/mol. The standard InChI is InChI=1S/C17H17BrNO2.Y/c1-4-10-21-13-6-7-14(12(3)11-13)16-9-8-15(18)17(20)19(16)5-2;/h4,6-8,11H,1,5,10H2,2-3H3;/q-1;. The monoisotopic (exact) mass is 435 g/mol. The number of halogens is 1. The van der Waals surface area contributed by atoms with Crippen LogP contribution in [0.4, 0.5) is 0 Å². The van der Waals surface area contributed by atoms with Crippen molar-refractivity contribution in [3.63, 3.8) is 0 Å². The van der Waals surface area contributed by atoms with Crippen molar-refractivity contribution in [2.75, 3.05) is 6.61 Å². The van der Waals surface area contributed by atoms with E-state index in [-0.39, 0.29) is 38.3 Å². The van der Waals surface area contributed by atoms with Gasteiger partial charge < -0.3 is 9.30 Å². The van der Waals surface area contributed by atoms with E-state index in [9.17, 15) is 4.79 Å². The van der Waals surface area contributed by atoms with Gasteiger partial charge in [0.15, 0.2) is 0 Å². The summed E-state index contributed by atoms with van der Waals surface area (Å²) in [5, 5.41) is 0. The number of aromatic nitrogens is 1. The first-order valence-electron chi connectivity index (χ1n) is 6.74. The second-order valence-corrected chi connectivity index (χ2v) is 5.47. The van der Waals surface area contributed by atoms with Crippen molar-refractivity contribution in [1.82, 2.24) is 4.57 Å². The SMILES string of the molecule is C=CCOc1ccc(-c2[c-]cc(Br)c(=O)n2CC)c(C)c1.[Y]. The van der Waals surface area contributed by atoms with Crippen LogP contribution in [-0.4, -0.2) is 11.2 Å². The zero-order valence-electron chi connectivity index (χ0n) is 12.7. The van der Waals surface area contributed by atoms with Gasteiger partial charge in [0.05, 0.1) is 0 Å². The number of hydrogen-bond acceptors (Lipinski definition) is 2. The molecule has 1 radical (unpaired) electrons. The van der Waals surface area contributed by atoms with Gasteiger partial charge in [0, 0.05) is 39.3 Å². The molecule has 0 N–H and O–H groups in total. The smallest absolute Gasteiger partial charge is 0.208 e. The molecule has 0 unspecified atom stereocenters. The van der Waals surface area contributed by atoms with Crippen LogP contribution in [0.15, 0.2) is 46.2 Å². The molecule has 1 aromatic carbocycles. The van der Waals surface area contributed by atoms with Crippen molar-refractivity contribution in [3.8, 4) is 17.0 Å². The molecule has 0 spiro atoms. The molecule has 2 aromatic rings. The molecular formula is C17H17BrNO2Y-. The normalized spacial score (nSPS) is 9.95. The summed E-state index contributed by atoms with van der Waals surface area (Å²) in [7, 11) is 0. The number of rotatable bonds is 5. The first kappa shape index (κ1) is 19.3. The van der Waals surface area contributed by atoms with E-state index in [2.05, 4.69) is 28.6 Å². The van der Waals surface area contributed by atoms with Crippen LogP contribution in [-0.2, 0) is 39.3 Å². The molecule has 0 aliphatic heterocycles. The van der Waals surface area contributed by atoms with Crippen LogP contribution in [0.25, 0.3) is 11.3 Å². The van der Waals surface area contributed by atoms with E-state index < -0.39 is 0 Å². The second kappa shape index (κ2) is 8.80. The summed E-state index contributed by atoms with van der Waals surface area (Å²) in [6, 6.07) is 10.7. The Morgan fingerprint density at radius 3 is 2.77 bits per heavy atom. The third-order valence-electron chi connectivity index (χ3n) is 3.19. The minimum Gasteiger partial charge on any atom is -0.490 e. The van der Waals surface area contributed by atoms with E-state index in [1.807, 2.05) is 32.0 Å². The molecule has 0 bridgehead atoms. The average Bonchev–Trinajstić information content (AvgIpc) is 2.48. The Bertz CT molecular complexity index is 725. The number of hydrogen-bond donors (Lipinski definition) is 0. The van der Waals surface area contributed by atoms with E-state index in [0.29, 0.717) is 17.6 Å². The zero-order chi connectivity index (χ0) is 15.4. The molecule has 113 valence electrons. The van der Waals surface area contributed by atoms with E-state index in [0.717, 1.165) is 22.6 Å². The van der Waals surface area contributed by atoms with Gasteiger partial charge >= 0.3 is 0 Å². The van der Waals surface area contributed by atoms with Crippen LogP contribution in [0.5, 0.6) is 5.75 Å². The third kappa shape index (κ3) is 4.18. The van der Waals surface area contributed by atoms with E-state index in [1.165, 1.54) is 0 Å². The first-order valence-corrected chi connectivity index (χ1v) is 7.53. The minimum absolute atomic E-state index is 0. The van der Waals surface area contributed by atoms with Crippen molar-refractivity contribution < 1.29 is 37.4 Å².